The van der Waals surface area contributed by atoms with Crippen LogP contribution in [0.1, 0.15) is 0 Å². The summed E-state index contributed by atoms with van der Waals surface area (Å²) in [6, 6.07) is 9.78. The van der Waals surface area contributed by atoms with Crippen LogP contribution >= 0.6 is 11.6 Å². The number of rotatable bonds is 3. The second-order valence-corrected chi connectivity index (χ2v) is 4.10. The van der Waals surface area contributed by atoms with E-state index in [1.807, 2.05) is 42.3 Å². The van der Waals surface area contributed by atoms with E-state index in [-0.39, 0.29) is 0 Å². The van der Waals surface area contributed by atoms with E-state index in [2.05, 4.69) is 4.98 Å². The molecule has 0 aliphatic heterocycles. The summed E-state index contributed by atoms with van der Waals surface area (Å²) in [5.41, 5.74) is 6.35. The highest BCUT2D eigenvalue weighted by molar-refractivity contribution is 6.35. The Kier molecular flexibility index (Phi) is 3.27. The zero-order valence-electron chi connectivity index (χ0n) is 9.15. The lowest BCUT2D eigenvalue weighted by Crippen LogP contribution is -2.25. The van der Waals surface area contributed by atoms with Gasteiger partial charge in [-0.3, -0.25) is 0 Å². The van der Waals surface area contributed by atoms with Crippen molar-refractivity contribution < 1.29 is 0 Å². The molecular formula is C12H14ClN3. The highest BCUT2D eigenvalue weighted by Crippen LogP contribution is 2.23. The van der Waals surface area contributed by atoms with Crippen LogP contribution in [0.3, 0.4) is 0 Å². The molecule has 3 nitrogen and oxygen atoms in total. The molecule has 0 saturated heterocycles. The Labute approximate surface area is 99.8 Å². The number of anilines is 1. The largest absolute Gasteiger partial charge is 0.358 e. The number of aromatic nitrogens is 1. The van der Waals surface area contributed by atoms with Crippen molar-refractivity contribution in [3.63, 3.8) is 0 Å². The van der Waals surface area contributed by atoms with E-state index in [9.17, 15) is 0 Å². The van der Waals surface area contributed by atoms with E-state index in [0.717, 1.165) is 23.3 Å². The summed E-state index contributed by atoms with van der Waals surface area (Å²) in [5, 5.41) is 1.73. The molecule has 1 aromatic carbocycles. The quantitative estimate of drug-likeness (QED) is 0.888. The van der Waals surface area contributed by atoms with Gasteiger partial charge in [0.15, 0.2) is 0 Å². The first-order chi connectivity index (χ1) is 7.72. The minimum Gasteiger partial charge on any atom is -0.358 e. The van der Waals surface area contributed by atoms with E-state index in [0.29, 0.717) is 11.6 Å². The molecule has 0 radical (unpaired) electrons. The van der Waals surface area contributed by atoms with Gasteiger partial charge in [-0.2, -0.15) is 0 Å². The molecule has 0 atom stereocenters. The smallest absolute Gasteiger partial charge is 0.129 e. The van der Waals surface area contributed by atoms with Gasteiger partial charge in [0.2, 0.25) is 0 Å². The van der Waals surface area contributed by atoms with Crippen molar-refractivity contribution in [1.82, 2.24) is 4.98 Å². The van der Waals surface area contributed by atoms with E-state index >= 15 is 0 Å². The Balaban J connectivity index is 2.46. The van der Waals surface area contributed by atoms with Crippen molar-refractivity contribution in [2.75, 3.05) is 25.0 Å². The van der Waals surface area contributed by atoms with Gasteiger partial charge in [0.1, 0.15) is 5.82 Å². The maximum Gasteiger partial charge on any atom is 0.129 e. The maximum absolute atomic E-state index is 6.11. The third-order valence-electron chi connectivity index (χ3n) is 2.51. The Hall–Kier alpha value is -1.32. The third-order valence-corrected chi connectivity index (χ3v) is 2.82. The number of fused-ring (bicyclic) bond motifs is 1. The summed E-state index contributed by atoms with van der Waals surface area (Å²) >= 11 is 6.11. The van der Waals surface area contributed by atoms with Crippen LogP contribution in [0.5, 0.6) is 0 Å². The number of para-hydroxylation sites is 1. The lowest BCUT2D eigenvalue weighted by atomic mass is 10.2. The van der Waals surface area contributed by atoms with E-state index in [1.54, 1.807) is 0 Å². The number of hydrogen-bond acceptors (Lipinski definition) is 3. The number of nitrogens with zero attached hydrogens (tertiary/aromatic N) is 2. The minimum atomic E-state index is 0.610. The number of likely N-dealkylation sites (N-methyl/N-ethyl adjacent to an activating group) is 1. The summed E-state index contributed by atoms with van der Waals surface area (Å²) in [6.45, 7) is 1.39. The highest BCUT2D eigenvalue weighted by Gasteiger charge is 2.04. The van der Waals surface area contributed by atoms with Gasteiger partial charge in [-0.15, -0.1) is 0 Å². The fourth-order valence-corrected chi connectivity index (χ4v) is 1.85. The number of hydrogen-bond donors (Lipinski definition) is 1. The average Bonchev–Trinajstić information content (AvgIpc) is 2.29. The zero-order chi connectivity index (χ0) is 11.5. The second-order valence-electron chi connectivity index (χ2n) is 3.69. The van der Waals surface area contributed by atoms with Crippen LogP contribution in [0.15, 0.2) is 30.3 Å². The van der Waals surface area contributed by atoms with Gasteiger partial charge >= 0.3 is 0 Å². The zero-order valence-corrected chi connectivity index (χ0v) is 9.91. The fraction of sp³-hybridized carbons (Fsp3) is 0.250. The van der Waals surface area contributed by atoms with E-state index in [4.69, 9.17) is 17.3 Å². The third kappa shape index (κ3) is 2.10. The second kappa shape index (κ2) is 4.68. The van der Waals surface area contributed by atoms with Gasteiger partial charge in [-0.25, -0.2) is 4.98 Å². The SMILES string of the molecule is CN(CCN)c1ccc2cccc(Cl)c2n1. The predicted molar refractivity (Wildman–Crippen MR) is 69.1 cm³/mol. The molecular weight excluding hydrogens is 222 g/mol. The summed E-state index contributed by atoms with van der Waals surface area (Å²) in [4.78, 5) is 6.55. The Bertz CT molecular complexity index is 499. The summed E-state index contributed by atoms with van der Waals surface area (Å²) < 4.78 is 0. The number of benzene rings is 1. The molecule has 2 aromatic rings. The summed E-state index contributed by atoms with van der Waals surface area (Å²) in [7, 11) is 1.97. The lowest BCUT2D eigenvalue weighted by molar-refractivity contribution is 0.872. The van der Waals surface area contributed by atoms with Gasteiger partial charge in [-0.05, 0) is 18.2 Å². The molecule has 1 heterocycles. The lowest BCUT2D eigenvalue weighted by Gasteiger charge is -2.17. The number of nitrogens with two attached hydrogens (primary N) is 1. The average molecular weight is 236 g/mol. The van der Waals surface area contributed by atoms with Gasteiger partial charge in [0.25, 0.3) is 0 Å². The summed E-state index contributed by atoms with van der Waals surface area (Å²) in [5.74, 6) is 0.894. The molecule has 0 bridgehead atoms. The molecule has 0 amide bonds. The summed E-state index contributed by atoms with van der Waals surface area (Å²) in [6.07, 6.45) is 0. The minimum absolute atomic E-state index is 0.610. The Morgan fingerprint density at radius 2 is 2.12 bits per heavy atom. The van der Waals surface area contributed by atoms with Gasteiger partial charge in [0, 0.05) is 25.5 Å². The van der Waals surface area contributed by atoms with E-state index in [1.165, 1.54) is 0 Å². The number of halogens is 1. The van der Waals surface area contributed by atoms with Crippen molar-refractivity contribution in [3.8, 4) is 0 Å². The first-order valence-electron chi connectivity index (χ1n) is 5.19. The molecule has 0 saturated carbocycles. The Morgan fingerprint density at radius 1 is 1.31 bits per heavy atom. The first kappa shape index (κ1) is 11.2. The van der Waals surface area contributed by atoms with Crippen molar-refractivity contribution in [2.24, 2.45) is 5.73 Å². The molecule has 0 spiro atoms. The van der Waals surface area contributed by atoms with Crippen LogP contribution in [-0.4, -0.2) is 25.1 Å². The molecule has 84 valence electrons. The molecule has 16 heavy (non-hydrogen) atoms. The molecule has 0 aliphatic rings. The molecule has 1 aromatic heterocycles. The fourth-order valence-electron chi connectivity index (χ4n) is 1.62. The highest BCUT2D eigenvalue weighted by atomic mass is 35.5. The van der Waals surface area contributed by atoms with Crippen LogP contribution in [0.25, 0.3) is 10.9 Å². The van der Waals surface area contributed by atoms with Gasteiger partial charge in [0.05, 0.1) is 10.5 Å². The molecule has 0 aliphatic carbocycles. The predicted octanol–water partition coefficient (Wildman–Crippen LogP) is 2.28. The molecule has 0 unspecified atom stereocenters. The Morgan fingerprint density at radius 3 is 2.88 bits per heavy atom. The van der Waals surface area contributed by atoms with Crippen molar-refractivity contribution in [2.45, 2.75) is 0 Å². The molecule has 2 rings (SSSR count). The van der Waals surface area contributed by atoms with Crippen molar-refractivity contribution >= 4 is 28.3 Å². The molecule has 2 N–H and O–H groups in total. The molecule has 4 heteroatoms. The van der Waals surface area contributed by atoms with Crippen molar-refractivity contribution in [3.05, 3.63) is 35.4 Å². The van der Waals surface area contributed by atoms with Gasteiger partial charge < -0.3 is 10.6 Å². The van der Waals surface area contributed by atoms with Gasteiger partial charge in [-0.1, -0.05) is 23.7 Å². The van der Waals surface area contributed by atoms with Crippen LogP contribution in [0.4, 0.5) is 5.82 Å². The first-order valence-corrected chi connectivity index (χ1v) is 5.56. The van der Waals surface area contributed by atoms with Crippen molar-refractivity contribution in [1.29, 1.82) is 0 Å². The normalized spacial score (nSPS) is 10.7. The number of pyridine rings is 1. The standard InChI is InChI=1S/C12H14ClN3/c1-16(8-7-14)11-6-5-9-3-2-4-10(13)12(9)15-11/h2-6H,7-8,14H2,1H3. The molecule has 0 fully saturated rings. The van der Waals surface area contributed by atoms with Crippen LogP contribution in [0, 0.1) is 0 Å². The van der Waals surface area contributed by atoms with Crippen LogP contribution in [0.2, 0.25) is 5.02 Å². The topological polar surface area (TPSA) is 42.1 Å². The van der Waals surface area contributed by atoms with Crippen LogP contribution in [-0.2, 0) is 0 Å². The van der Waals surface area contributed by atoms with Crippen LogP contribution < -0.4 is 10.6 Å². The van der Waals surface area contributed by atoms with E-state index < -0.39 is 0 Å². The monoisotopic (exact) mass is 235 g/mol. The maximum atomic E-state index is 6.11.